The van der Waals surface area contributed by atoms with Gasteiger partial charge in [0.15, 0.2) is 20.3 Å². The molecule has 1 fully saturated rings. The summed E-state index contributed by atoms with van der Waals surface area (Å²) in [5.41, 5.74) is 1.34. The fourth-order valence-electron chi connectivity index (χ4n) is 4.99. The van der Waals surface area contributed by atoms with Crippen LogP contribution in [0.4, 0.5) is 5.82 Å². The Hall–Kier alpha value is -2.81. The summed E-state index contributed by atoms with van der Waals surface area (Å²) < 4.78 is 45.6. The van der Waals surface area contributed by atoms with Crippen LogP contribution in [-0.4, -0.2) is 125 Å². The van der Waals surface area contributed by atoms with Crippen molar-refractivity contribution in [2.75, 3.05) is 83.4 Å². The molecule has 1 amide bonds. The first kappa shape index (κ1) is 41.0. The number of benzene rings is 1. The summed E-state index contributed by atoms with van der Waals surface area (Å²) >= 11 is 6.43. The first-order valence-electron chi connectivity index (χ1n) is 16.1. The van der Waals surface area contributed by atoms with Crippen LogP contribution < -0.4 is 10.2 Å². The van der Waals surface area contributed by atoms with Gasteiger partial charge in [0.05, 0.1) is 77.1 Å². The Labute approximate surface area is 301 Å². The monoisotopic (exact) mass is 772 g/mol. The molecule has 3 heterocycles. The Kier molecular flexibility index (Phi) is 17.4. The van der Waals surface area contributed by atoms with Gasteiger partial charge in [-0.1, -0.05) is 36.3 Å². The molecule has 4 rings (SSSR count). The maximum atomic E-state index is 13.1. The third-order valence-corrected chi connectivity index (χ3v) is 10.3. The fourth-order valence-corrected chi connectivity index (χ4v) is 7.07. The summed E-state index contributed by atoms with van der Waals surface area (Å²) in [5.74, 6) is 1.80. The Balaban J connectivity index is 1.30. The minimum Gasteiger partial charge on any atom is -0.377 e. The van der Waals surface area contributed by atoms with Gasteiger partial charge in [-0.3, -0.25) is 9.36 Å². The van der Waals surface area contributed by atoms with Crippen molar-refractivity contribution >= 4 is 50.3 Å². The zero-order valence-corrected chi connectivity index (χ0v) is 30.5. The van der Waals surface area contributed by atoms with Gasteiger partial charge in [-0.05, 0) is 30.0 Å². The van der Waals surface area contributed by atoms with E-state index in [-0.39, 0.29) is 37.5 Å². The van der Waals surface area contributed by atoms with Gasteiger partial charge in [-0.2, -0.15) is 15.1 Å². The molecule has 20 heteroatoms. The van der Waals surface area contributed by atoms with Gasteiger partial charge in [0, 0.05) is 13.1 Å². The molecule has 1 aromatic carbocycles. The zero-order valence-electron chi connectivity index (χ0n) is 27.9. The number of hydrogen-bond donors (Lipinski definition) is 4. The van der Waals surface area contributed by atoms with E-state index < -0.39 is 34.2 Å². The molecule has 51 heavy (non-hydrogen) atoms. The van der Waals surface area contributed by atoms with Crippen LogP contribution in [0.15, 0.2) is 36.5 Å². The van der Waals surface area contributed by atoms with E-state index in [9.17, 15) is 14.3 Å². The molecule has 4 N–H and O–H groups in total. The van der Waals surface area contributed by atoms with Gasteiger partial charge in [0.1, 0.15) is 18.3 Å². The smallest absolute Gasteiger partial charge is 0.334 e. The number of nitrogens with one attached hydrogen (secondary N) is 1. The predicted octanol–water partition coefficient (Wildman–Crippen LogP) is 2.44. The van der Waals surface area contributed by atoms with E-state index >= 15 is 0 Å². The first-order valence-corrected chi connectivity index (χ1v) is 19.7. The molecule has 280 valence electrons. The standard InChI is InChI=1S/C31H43ClN6O11P2/c1-2-11-44-13-15-46-17-18-47-16-14-45-12-10-33-27(39)21-37(20-24-6-4-3-5-7-24)29-26-19-34-38(30(26)36-31(32)35-29)28-9-8-25(49-28)22-48-50(40)23-51(41,42)43/h1,3-7,19,25,28,40H,8-18,20-23H2,(H,33,39)(H2,41,42,43). The number of anilines is 1. The maximum Gasteiger partial charge on any atom is 0.334 e. The maximum absolute atomic E-state index is 13.1. The largest absolute Gasteiger partial charge is 0.377 e. The molecule has 3 aromatic rings. The molecule has 0 radical (unpaired) electrons. The number of ether oxygens (including phenoxy) is 5. The second-order valence-electron chi connectivity index (χ2n) is 11.2. The lowest BCUT2D eigenvalue weighted by atomic mass is 10.2. The third kappa shape index (κ3) is 14.6. The number of nitrogens with zero attached hydrogens (tertiary/aromatic N) is 5. The quantitative estimate of drug-likeness (QED) is 0.0446. The summed E-state index contributed by atoms with van der Waals surface area (Å²) in [6, 6.07) is 9.60. The topological polar surface area (TPSA) is 209 Å². The second kappa shape index (κ2) is 21.7. The highest BCUT2D eigenvalue weighted by Gasteiger charge is 2.31. The lowest BCUT2D eigenvalue weighted by Gasteiger charge is -2.24. The molecule has 1 aliphatic rings. The van der Waals surface area contributed by atoms with Crippen molar-refractivity contribution in [3.8, 4) is 12.3 Å². The molecule has 2 aromatic heterocycles. The molecular formula is C31H43ClN6O11P2. The van der Waals surface area contributed by atoms with Crippen molar-refractivity contribution < 1.29 is 52.2 Å². The van der Waals surface area contributed by atoms with E-state index in [1.807, 2.05) is 30.3 Å². The van der Waals surface area contributed by atoms with Crippen LogP contribution >= 0.6 is 27.6 Å². The van der Waals surface area contributed by atoms with Crippen LogP contribution in [0.3, 0.4) is 0 Å². The highest BCUT2D eigenvalue weighted by molar-refractivity contribution is 7.67. The van der Waals surface area contributed by atoms with Crippen LogP contribution in [0.5, 0.6) is 0 Å². The van der Waals surface area contributed by atoms with Crippen LogP contribution in [-0.2, 0) is 44.1 Å². The average Bonchev–Trinajstić information content (AvgIpc) is 3.74. The van der Waals surface area contributed by atoms with Gasteiger partial charge >= 0.3 is 7.60 Å². The molecule has 3 unspecified atom stereocenters. The van der Waals surface area contributed by atoms with Crippen molar-refractivity contribution in [1.82, 2.24) is 25.1 Å². The number of hydrogen-bond acceptors (Lipinski definition) is 13. The highest BCUT2D eigenvalue weighted by Crippen LogP contribution is 2.49. The van der Waals surface area contributed by atoms with Crippen LogP contribution in [0.25, 0.3) is 11.0 Å². The third-order valence-electron chi connectivity index (χ3n) is 7.20. The molecule has 1 aliphatic heterocycles. The Morgan fingerprint density at radius 1 is 1.08 bits per heavy atom. The van der Waals surface area contributed by atoms with Crippen molar-refractivity contribution in [3.05, 3.63) is 47.4 Å². The van der Waals surface area contributed by atoms with E-state index in [0.717, 1.165) is 5.56 Å². The van der Waals surface area contributed by atoms with Crippen molar-refractivity contribution in [2.45, 2.75) is 31.7 Å². The molecule has 0 bridgehead atoms. The Morgan fingerprint density at radius 3 is 2.45 bits per heavy atom. The molecule has 1 saturated heterocycles. The highest BCUT2D eigenvalue weighted by atomic mass is 35.5. The first-order chi connectivity index (χ1) is 24.6. The Bertz CT molecular complexity index is 1600. The Morgan fingerprint density at radius 2 is 1.76 bits per heavy atom. The minimum absolute atomic E-state index is 0.0430. The summed E-state index contributed by atoms with van der Waals surface area (Å²) in [6.07, 6.45) is 6.80. The number of carbonyl (C=O) groups is 1. The van der Waals surface area contributed by atoms with Gasteiger partial charge in [0.25, 0.3) is 0 Å². The van der Waals surface area contributed by atoms with Gasteiger partial charge < -0.3 is 53.1 Å². The SMILES string of the molecule is C#CCOCCOCCOCCOCCNC(=O)CN(Cc1ccccc1)c1nc(Cl)nc2c1cnn2C1CCC(COP(O)CP(=O)(O)O)O1. The van der Waals surface area contributed by atoms with Crippen molar-refractivity contribution in [1.29, 1.82) is 0 Å². The number of amides is 1. The lowest BCUT2D eigenvalue weighted by Crippen LogP contribution is -2.39. The molecule has 0 spiro atoms. The van der Waals surface area contributed by atoms with Gasteiger partial charge in [-0.25, -0.2) is 4.68 Å². The predicted molar refractivity (Wildman–Crippen MR) is 188 cm³/mol. The van der Waals surface area contributed by atoms with E-state index in [0.29, 0.717) is 82.5 Å². The minimum atomic E-state index is -4.41. The van der Waals surface area contributed by atoms with Crippen molar-refractivity contribution in [2.24, 2.45) is 0 Å². The van der Waals surface area contributed by atoms with Crippen molar-refractivity contribution in [3.63, 3.8) is 0 Å². The number of carbonyl (C=O) groups excluding carboxylic acids is 1. The average molecular weight is 773 g/mol. The zero-order chi connectivity index (χ0) is 36.5. The van der Waals surface area contributed by atoms with Crippen LogP contribution in [0, 0.1) is 12.3 Å². The number of fused-ring (bicyclic) bond motifs is 1. The summed E-state index contributed by atoms with van der Waals surface area (Å²) in [4.78, 5) is 51.8. The summed E-state index contributed by atoms with van der Waals surface area (Å²) in [6.45, 7) is 3.58. The van der Waals surface area contributed by atoms with Gasteiger partial charge in [-0.15, -0.1) is 6.42 Å². The number of halogens is 1. The fraction of sp³-hybridized carbons (Fsp3) is 0.548. The summed E-state index contributed by atoms with van der Waals surface area (Å²) in [5, 5.41) is 7.90. The van der Waals surface area contributed by atoms with E-state index in [1.54, 1.807) is 15.8 Å². The molecule has 0 aliphatic carbocycles. The van der Waals surface area contributed by atoms with E-state index in [4.69, 9.17) is 56.0 Å². The lowest BCUT2D eigenvalue weighted by molar-refractivity contribution is -0.120. The molecular weight excluding hydrogens is 730 g/mol. The van der Waals surface area contributed by atoms with Gasteiger partial charge in [0.2, 0.25) is 11.2 Å². The van der Waals surface area contributed by atoms with Crippen LogP contribution in [0.2, 0.25) is 5.28 Å². The van der Waals surface area contributed by atoms with E-state index in [2.05, 4.69) is 26.3 Å². The molecule has 0 saturated carbocycles. The number of terminal acetylenes is 1. The molecule has 3 atom stereocenters. The van der Waals surface area contributed by atoms with Crippen LogP contribution in [0.1, 0.15) is 24.6 Å². The number of aromatic nitrogens is 4. The number of rotatable bonds is 24. The summed E-state index contributed by atoms with van der Waals surface area (Å²) in [7, 11) is -6.70. The molecule has 17 nitrogen and oxygen atoms in total. The van der Waals surface area contributed by atoms with E-state index in [1.165, 1.54) is 0 Å². The normalized spacial score (nSPS) is 16.7. The second-order valence-corrected chi connectivity index (χ2v) is 14.9.